The number of carbonyl (C=O) groups is 3. The first-order valence-electron chi connectivity index (χ1n) is 13.1. The fraction of sp³-hybridized carbons (Fsp3) is 0.400. The van der Waals surface area contributed by atoms with Gasteiger partial charge in [-0.25, -0.2) is 9.37 Å². The number of carbonyl (C=O) groups excluding carboxylic acids is 3. The van der Waals surface area contributed by atoms with Gasteiger partial charge in [0.2, 0.25) is 5.91 Å². The van der Waals surface area contributed by atoms with Gasteiger partial charge < -0.3 is 15.3 Å². The highest BCUT2D eigenvalue weighted by Crippen LogP contribution is 2.40. The number of nitrogens with one attached hydrogen (secondary N) is 1. The Balaban J connectivity index is 1.38. The zero-order chi connectivity index (χ0) is 28.0. The number of amides is 2. The van der Waals surface area contributed by atoms with E-state index in [2.05, 4.69) is 10.3 Å². The number of halogens is 1. The Kier molecular flexibility index (Phi) is 7.39. The molecule has 0 bridgehead atoms. The van der Waals surface area contributed by atoms with Crippen LogP contribution in [0, 0.1) is 31.6 Å². The Hall–Kier alpha value is -3.43. The van der Waals surface area contributed by atoms with E-state index < -0.39 is 41.8 Å². The number of aryl methyl sites for hydroxylation is 2. The number of benzene rings is 2. The van der Waals surface area contributed by atoms with Crippen LogP contribution >= 0.6 is 11.3 Å². The molecule has 5 rings (SSSR count). The van der Waals surface area contributed by atoms with Crippen LogP contribution in [0.2, 0.25) is 0 Å². The van der Waals surface area contributed by atoms with Crippen LogP contribution in [0.5, 0.6) is 0 Å². The molecule has 2 heterocycles. The van der Waals surface area contributed by atoms with Crippen LogP contribution in [0.3, 0.4) is 0 Å². The molecule has 204 valence electrons. The Morgan fingerprint density at radius 2 is 1.92 bits per heavy atom. The predicted molar refractivity (Wildman–Crippen MR) is 148 cm³/mol. The third kappa shape index (κ3) is 4.89. The number of Topliss-reactive ketones (excluding diaryl/α,β-unsaturated/α-hetero) is 1. The molecule has 1 aromatic heterocycles. The van der Waals surface area contributed by atoms with E-state index in [-0.39, 0.29) is 24.8 Å². The number of hydrogen-bond acceptors (Lipinski definition) is 6. The zero-order valence-electron chi connectivity index (χ0n) is 22.3. The van der Waals surface area contributed by atoms with Gasteiger partial charge in [-0.15, -0.1) is 11.3 Å². The fourth-order valence-corrected chi connectivity index (χ4v) is 6.72. The molecule has 1 aliphatic carbocycles. The van der Waals surface area contributed by atoms with Gasteiger partial charge in [0.15, 0.2) is 5.78 Å². The average molecular weight is 550 g/mol. The van der Waals surface area contributed by atoms with Crippen LogP contribution in [0.25, 0.3) is 10.4 Å². The molecule has 2 N–H and O–H groups in total. The van der Waals surface area contributed by atoms with E-state index in [0.717, 1.165) is 27.3 Å². The summed E-state index contributed by atoms with van der Waals surface area (Å²) in [5, 5.41) is 13.2. The van der Waals surface area contributed by atoms with Crippen molar-refractivity contribution in [2.75, 3.05) is 5.32 Å². The standard InChI is InChI=1S/C30H32FN3O4S/c1-15(2)26(34-13-19-7-5-6-8-20(19)30(34)38)27(36)21-12-23(35)25(31)24(21)29(37)33-22-10-9-18(11-16(22)3)28-17(4)32-14-39-28/h5-11,14-15,21,23-26,35H,12-13H2,1-4H3,(H,33,37)/t21-,23-,24?,25-,26?/m0/s1. The maximum atomic E-state index is 15.3. The lowest BCUT2D eigenvalue weighted by Crippen LogP contribution is -2.49. The summed E-state index contributed by atoms with van der Waals surface area (Å²) in [5.41, 5.74) is 6.33. The molecule has 2 aliphatic rings. The van der Waals surface area contributed by atoms with Crippen LogP contribution in [-0.4, -0.2) is 50.9 Å². The molecule has 2 amide bonds. The molecule has 5 atom stereocenters. The summed E-state index contributed by atoms with van der Waals surface area (Å²) in [6.45, 7) is 7.73. The highest BCUT2D eigenvalue weighted by Gasteiger charge is 2.53. The number of hydrogen-bond donors (Lipinski definition) is 2. The van der Waals surface area contributed by atoms with Crippen LogP contribution < -0.4 is 5.32 Å². The maximum Gasteiger partial charge on any atom is 0.255 e. The van der Waals surface area contributed by atoms with Crippen LogP contribution in [0.1, 0.15) is 47.4 Å². The molecular weight excluding hydrogens is 517 g/mol. The summed E-state index contributed by atoms with van der Waals surface area (Å²) in [6, 6.07) is 11.9. The molecule has 7 nitrogen and oxygen atoms in total. The van der Waals surface area contributed by atoms with E-state index in [1.54, 1.807) is 23.7 Å². The summed E-state index contributed by atoms with van der Waals surface area (Å²) >= 11 is 1.53. The van der Waals surface area contributed by atoms with Gasteiger partial charge >= 0.3 is 0 Å². The molecule has 0 saturated heterocycles. The predicted octanol–water partition coefficient (Wildman–Crippen LogP) is 4.95. The van der Waals surface area contributed by atoms with Crippen molar-refractivity contribution < 1.29 is 23.9 Å². The number of alkyl halides is 1. The number of thiazole rings is 1. The minimum atomic E-state index is -1.89. The van der Waals surface area contributed by atoms with E-state index in [1.807, 2.05) is 52.0 Å². The smallest absolute Gasteiger partial charge is 0.255 e. The highest BCUT2D eigenvalue weighted by molar-refractivity contribution is 7.13. The topological polar surface area (TPSA) is 99.6 Å². The summed E-state index contributed by atoms with van der Waals surface area (Å²) in [5.74, 6) is -3.98. The number of nitrogens with zero attached hydrogens (tertiary/aromatic N) is 2. The Morgan fingerprint density at radius 3 is 2.56 bits per heavy atom. The first kappa shape index (κ1) is 27.1. The monoisotopic (exact) mass is 549 g/mol. The Bertz CT molecular complexity index is 1440. The number of aromatic nitrogens is 1. The van der Waals surface area contributed by atoms with E-state index in [9.17, 15) is 19.5 Å². The van der Waals surface area contributed by atoms with Crippen molar-refractivity contribution >= 4 is 34.6 Å². The van der Waals surface area contributed by atoms with Gasteiger partial charge in [0.1, 0.15) is 6.17 Å². The maximum absolute atomic E-state index is 15.3. The lowest BCUT2D eigenvalue weighted by atomic mass is 9.83. The molecule has 2 unspecified atom stereocenters. The van der Waals surface area contributed by atoms with Gasteiger partial charge in [-0.3, -0.25) is 14.4 Å². The zero-order valence-corrected chi connectivity index (χ0v) is 23.2. The third-order valence-corrected chi connectivity index (χ3v) is 8.89. The van der Waals surface area contributed by atoms with Crippen LogP contribution in [-0.2, 0) is 16.1 Å². The molecule has 0 spiro atoms. The lowest BCUT2D eigenvalue weighted by molar-refractivity contribution is -0.135. The lowest BCUT2D eigenvalue weighted by Gasteiger charge is -2.33. The highest BCUT2D eigenvalue weighted by atomic mass is 32.1. The average Bonchev–Trinajstić information content (AvgIpc) is 3.56. The molecule has 9 heteroatoms. The number of fused-ring (bicyclic) bond motifs is 1. The van der Waals surface area contributed by atoms with Crippen molar-refractivity contribution in [3.8, 4) is 10.4 Å². The van der Waals surface area contributed by atoms with E-state index in [1.165, 1.54) is 16.2 Å². The largest absolute Gasteiger partial charge is 0.390 e. The molecular formula is C30H32FN3O4S. The molecule has 2 aromatic carbocycles. The van der Waals surface area contributed by atoms with Gasteiger partial charge in [-0.2, -0.15) is 0 Å². The van der Waals surface area contributed by atoms with Crippen molar-refractivity contribution in [1.82, 2.24) is 9.88 Å². The van der Waals surface area contributed by atoms with Crippen molar-refractivity contribution in [1.29, 1.82) is 0 Å². The Labute approximate surface area is 231 Å². The quantitative estimate of drug-likeness (QED) is 0.435. The van der Waals surface area contributed by atoms with Crippen molar-refractivity contribution in [3.63, 3.8) is 0 Å². The summed E-state index contributed by atoms with van der Waals surface area (Å²) in [6.07, 6.45) is -3.50. The van der Waals surface area contributed by atoms with Gasteiger partial charge in [0.25, 0.3) is 5.91 Å². The van der Waals surface area contributed by atoms with Crippen molar-refractivity contribution in [2.45, 2.75) is 59.0 Å². The SMILES string of the molecule is Cc1cc(-c2scnc2C)ccc1NC(=O)C1[C@@H](C(=O)C(C(C)C)N2Cc3ccccc3C2=O)C[C@H](O)[C@@H]1F. The molecule has 1 fully saturated rings. The van der Waals surface area contributed by atoms with Crippen LogP contribution in [0.4, 0.5) is 10.1 Å². The number of aliphatic hydroxyl groups is 1. The summed E-state index contributed by atoms with van der Waals surface area (Å²) in [7, 11) is 0. The van der Waals surface area contributed by atoms with E-state index >= 15 is 4.39 Å². The van der Waals surface area contributed by atoms with Crippen molar-refractivity contribution in [2.24, 2.45) is 17.8 Å². The molecule has 39 heavy (non-hydrogen) atoms. The Morgan fingerprint density at radius 1 is 1.18 bits per heavy atom. The minimum absolute atomic E-state index is 0.168. The number of rotatable bonds is 7. The first-order valence-corrected chi connectivity index (χ1v) is 14.0. The summed E-state index contributed by atoms with van der Waals surface area (Å²) < 4.78 is 15.3. The van der Waals surface area contributed by atoms with E-state index in [4.69, 9.17) is 0 Å². The van der Waals surface area contributed by atoms with Gasteiger partial charge in [0, 0.05) is 23.7 Å². The second-order valence-electron chi connectivity index (χ2n) is 10.8. The van der Waals surface area contributed by atoms with Gasteiger partial charge in [0.05, 0.1) is 34.1 Å². The minimum Gasteiger partial charge on any atom is -0.390 e. The molecule has 1 saturated carbocycles. The van der Waals surface area contributed by atoms with Gasteiger partial charge in [-0.05, 0) is 61.1 Å². The first-order chi connectivity index (χ1) is 18.6. The van der Waals surface area contributed by atoms with Gasteiger partial charge in [-0.1, -0.05) is 38.1 Å². The second kappa shape index (κ2) is 10.6. The molecule has 0 radical (unpaired) electrons. The summed E-state index contributed by atoms with van der Waals surface area (Å²) in [4.78, 5) is 47.4. The third-order valence-electron chi connectivity index (χ3n) is 7.91. The number of ketones is 1. The fourth-order valence-electron chi connectivity index (χ4n) is 5.92. The van der Waals surface area contributed by atoms with Crippen molar-refractivity contribution in [3.05, 3.63) is 70.4 Å². The number of aliphatic hydroxyl groups excluding tert-OH is 1. The number of anilines is 1. The second-order valence-corrected chi connectivity index (χ2v) is 11.7. The van der Waals surface area contributed by atoms with Crippen LogP contribution in [0.15, 0.2) is 48.0 Å². The van der Waals surface area contributed by atoms with E-state index in [0.29, 0.717) is 11.3 Å². The molecule has 1 aliphatic heterocycles. The molecule has 3 aromatic rings. The normalized spacial score (nSPS) is 23.3.